The number of Topliss-reactive ketones (excluding diaryl/α,β-unsaturated/α-hetero) is 1. The molecule has 1 atom stereocenters. The van der Waals surface area contributed by atoms with Crippen molar-refractivity contribution >= 4 is 34.0 Å². The fourth-order valence-corrected chi connectivity index (χ4v) is 8.00. The highest BCUT2D eigenvalue weighted by molar-refractivity contribution is 8.01. The Hall–Kier alpha value is -2.63. The van der Waals surface area contributed by atoms with E-state index in [1.54, 1.807) is 11.8 Å². The lowest BCUT2D eigenvalue weighted by atomic mass is 9.68. The van der Waals surface area contributed by atoms with Gasteiger partial charge in [0.25, 0.3) is 0 Å². The van der Waals surface area contributed by atoms with Gasteiger partial charge in [-0.3, -0.25) is 9.69 Å². The Bertz CT molecular complexity index is 1260. The van der Waals surface area contributed by atoms with Gasteiger partial charge in [0.15, 0.2) is 10.1 Å². The minimum atomic E-state index is -0.458. The first-order chi connectivity index (χ1) is 16.8. The number of carbonyl (C=O) groups excluding carboxylic acids is 1. The first-order valence-corrected chi connectivity index (χ1v) is 14.0. The van der Waals surface area contributed by atoms with Crippen LogP contribution in [0.3, 0.4) is 0 Å². The van der Waals surface area contributed by atoms with Gasteiger partial charge in [-0.05, 0) is 42.7 Å². The highest BCUT2D eigenvalue weighted by Crippen LogP contribution is 2.51. The van der Waals surface area contributed by atoms with Gasteiger partial charge in [-0.2, -0.15) is 5.26 Å². The second kappa shape index (κ2) is 9.44. The molecule has 8 heteroatoms. The summed E-state index contributed by atoms with van der Waals surface area (Å²) in [5, 5.41) is 20.5. The number of thioether (sulfide) groups is 1. The zero-order chi connectivity index (χ0) is 24.7. The second-order valence-electron chi connectivity index (χ2n) is 10.6. The molecule has 1 aromatic carbocycles. The van der Waals surface area contributed by atoms with E-state index in [1.165, 1.54) is 43.4 Å². The third-order valence-corrected chi connectivity index (χ3v) is 9.62. The van der Waals surface area contributed by atoms with E-state index >= 15 is 0 Å². The number of nitriles is 1. The van der Waals surface area contributed by atoms with Crippen molar-refractivity contribution in [2.75, 3.05) is 4.90 Å². The van der Waals surface area contributed by atoms with Crippen LogP contribution in [0.15, 0.2) is 51.3 Å². The summed E-state index contributed by atoms with van der Waals surface area (Å²) in [5.74, 6) is -0.0218. The molecule has 2 heterocycles. The fraction of sp³-hybridized carbons (Fsp3) is 0.481. The Morgan fingerprint density at radius 3 is 2.63 bits per heavy atom. The van der Waals surface area contributed by atoms with Gasteiger partial charge in [-0.25, -0.2) is 0 Å². The zero-order valence-corrected chi connectivity index (χ0v) is 22.1. The van der Waals surface area contributed by atoms with Crippen LogP contribution in [0.1, 0.15) is 75.8 Å². The molecule has 0 amide bonds. The average molecular weight is 506 g/mol. The molecule has 0 radical (unpaired) electrons. The number of nitrogens with two attached hydrogens (primary N) is 1. The first kappa shape index (κ1) is 24.1. The summed E-state index contributed by atoms with van der Waals surface area (Å²) in [6, 6.07) is 10.3. The van der Waals surface area contributed by atoms with Gasteiger partial charge in [0.05, 0.1) is 17.6 Å². The molecule has 0 spiro atoms. The lowest BCUT2D eigenvalue weighted by Crippen LogP contribution is -2.42. The number of hydrogen-bond donors (Lipinski definition) is 1. The van der Waals surface area contributed by atoms with Crippen molar-refractivity contribution in [3.8, 4) is 6.07 Å². The van der Waals surface area contributed by atoms with Crippen LogP contribution in [-0.2, 0) is 4.79 Å². The predicted octanol–water partition coefficient (Wildman–Crippen LogP) is 6.21. The summed E-state index contributed by atoms with van der Waals surface area (Å²) in [5.41, 5.74) is 10.5. The summed E-state index contributed by atoms with van der Waals surface area (Å²) in [6.07, 6.45) is 7.39. The summed E-state index contributed by atoms with van der Waals surface area (Å²) in [7, 11) is 0. The highest BCUT2D eigenvalue weighted by Gasteiger charge is 2.45. The largest absolute Gasteiger partial charge is 0.384 e. The summed E-state index contributed by atoms with van der Waals surface area (Å²) >= 11 is 3.30. The van der Waals surface area contributed by atoms with Crippen LogP contribution >= 0.6 is 23.1 Å². The number of allylic oxidation sites excluding steroid dienone is 3. The van der Waals surface area contributed by atoms with Gasteiger partial charge in [-0.1, -0.05) is 80.5 Å². The molecule has 1 fully saturated rings. The van der Waals surface area contributed by atoms with Gasteiger partial charge in [0, 0.05) is 22.9 Å². The lowest BCUT2D eigenvalue weighted by Gasteiger charge is -2.42. The van der Waals surface area contributed by atoms with Crippen LogP contribution < -0.4 is 10.6 Å². The van der Waals surface area contributed by atoms with Gasteiger partial charge < -0.3 is 5.73 Å². The summed E-state index contributed by atoms with van der Waals surface area (Å²) in [4.78, 5) is 15.5. The molecule has 0 bridgehead atoms. The van der Waals surface area contributed by atoms with Crippen molar-refractivity contribution in [1.29, 1.82) is 5.26 Å². The molecule has 182 valence electrons. The normalized spacial score (nSPS) is 22.9. The topological polar surface area (TPSA) is 95.9 Å². The van der Waals surface area contributed by atoms with E-state index in [0.717, 1.165) is 21.2 Å². The quantitative estimate of drug-likeness (QED) is 0.527. The minimum Gasteiger partial charge on any atom is -0.384 e. The SMILES string of the molecule is Cc1ccccc1C1C(C#N)=C(N)N(c2nnc(SC3CCCCC3)s2)C2=C1C(=O)CC(C)(C)C2. The second-order valence-corrected chi connectivity index (χ2v) is 13.1. The average Bonchev–Trinajstić information content (AvgIpc) is 3.26. The van der Waals surface area contributed by atoms with Crippen molar-refractivity contribution in [3.05, 3.63) is 58.1 Å². The molecule has 0 saturated heterocycles. The number of aromatic nitrogens is 2. The highest BCUT2D eigenvalue weighted by atomic mass is 32.2. The Balaban J connectivity index is 1.62. The van der Waals surface area contributed by atoms with Gasteiger partial charge in [0.2, 0.25) is 5.13 Å². The third kappa shape index (κ3) is 4.52. The molecular weight excluding hydrogens is 474 g/mol. The number of rotatable bonds is 4. The van der Waals surface area contributed by atoms with E-state index in [-0.39, 0.29) is 11.2 Å². The predicted molar refractivity (Wildman–Crippen MR) is 141 cm³/mol. The van der Waals surface area contributed by atoms with E-state index in [2.05, 4.69) is 30.1 Å². The van der Waals surface area contributed by atoms with Gasteiger partial charge in [-0.15, -0.1) is 10.2 Å². The standard InChI is InChI=1S/C27H31N5OS2/c1-16-9-7-8-12-18(16)22-19(15-28)24(29)32(20-13-27(2,3)14-21(33)23(20)22)25-30-31-26(35-25)34-17-10-5-4-6-11-17/h7-9,12,17,22H,4-6,10-11,13-14,29H2,1-3H3. The van der Waals surface area contributed by atoms with Crippen molar-refractivity contribution < 1.29 is 4.79 Å². The molecular formula is C27H31N5OS2. The number of nitrogens with zero attached hydrogens (tertiary/aromatic N) is 4. The van der Waals surface area contributed by atoms with E-state index in [9.17, 15) is 10.1 Å². The van der Waals surface area contributed by atoms with Gasteiger partial charge in [0.1, 0.15) is 5.82 Å². The third-order valence-electron chi connectivity index (χ3n) is 7.29. The Kier molecular flexibility index (Phi) is 6.49. The van der Waals surface area contributed by atoms with E-state index in [4.69, 9.17) is 5.73 Å². The van der Waals surface area contributed by atoms with E-state index in [1.807, 2.05) is 36.1 Å². The number of ketones is 1. The van der Waals surface area contributed by atoms with Crippen LogP contribution in [0.4, 0.5) is 5.13 Å². The summed E-state index contributed by atoms with van der Waals surface area (Å²) < 4.78 is 0.919. The minimum absolute atomic E-state index is 0.0797. The fourth-order valence-electron chi connectivity index (χ4n) is 5.62. The molecule has 1 aliphatic heterocycles. The monoisotopic (exact) mass is 505 g/mol. The van der Waals surface area contributed by atoms with Crippen molar-refractivity contribution in [3.63, 3.8) is 0 Å². The van der Waals surface area contributed by atoms with Crippen LogP contribution in [0.5, 0.6) is 0 Å². The molecule has 2 aliphatic carbocycles. The Morgan fingerprint density at radius 2 is 1.91 bits per heavy atom. The zero-order valence-electron chi connectivity index (χ0n) is 20.5. The van der Waals surface area contributed by atoms with Crippen LogP contribution in [-0.4, -0.2) is 21.2 Å². The number of hydrogen-bond acceptors (Lipinski definition) is 8. The van der Waals surface area contributed by atoms with Crippen molar-refractivity contribution in [2.24, 2.45) is 11.1 Å². The van der Waals surface area contributed by atoms with Crippen LogP contribution in [0, 0.1) is 23.7 Å². The molecule has 6 nitrogen and oxygen atoms in total. The molecule has 3 aliphatic rings. The Labute approximate surface area is 215 Å². The number of carbonyl (C=O) groups is 1. The lowest BCUT2D eigenvalue weighted by molar-refractivity contribution is -0.118. The van der Waals surface area contributed by atoms with Gasteiger partial charge >= 0.3 is 0 Å². The molecule has 2 N–H and O–H groups in total. The maximum Gasteiger partial charge on any atom is 0.219 e. The number of aryl methyl sites for hydroxylation is 1. The number of benzene rings is 1. The molecule has 35 heavy (non-hydrogen) atoms. The molecule has 2 aromatic rings. The van der Waals surface area contributed by atoms with Crippen molar-refractivity contribution in [1.82, 2.24) is 10.2 Å². The molecule has 5 rings (SSSR count). The first-order valence-electron chi connectivity index (χ1n) is 12.3. The van der Waals surface area contributed by atoms with Crippen LogP contribution in [0.25, 0.3) is 0 Å². The maximum atomic E-state index is 13.7. The summed E-state index contributed by atoms with van der Waals surface area (Å²) in [6.45, 7) is 6.24. The van der Waals surface area contributed by atoms with E-state index in [0.29, 0.717) is 40.2 Å². The Morgan fingerprint density at radius 1 is 1.17 bits per heavy atom. The molecule has 1 aromatic heterocycles. The van der Waals surface area contributed by atoms with Crippen LogP contribution in [0.2, 0.25) is 0 Å². The smallest absolute Gasteiger partial charge is 0.219 e. The van der Waals surface area contributed by atoms with E-state index < -0.39 is 5.92 Å². The maximum absolute atomic E-state index is 13.7. The molecule has 1 unspecified atom stereocenters. The molecule has 1 saturated carbocycles. The number of anilines is 1. The van der Waals surface area contributed by atoms with Crippen molar-refractivity contribution in [2.45, 2.75) is 81.2 Å².